The first-order valence-corrected chi connectivity index (χ1v) is 8.17. The second kappa shape index (κ2) is 6.72. The lowest BCUT2D eigenvalue weighted by atomic mass is 10.1. The Morgan fingerprint density at radius 2 is 1.91 bits per heavy atom. The summed E-state index contributed by atoms with van der Waals surface area (Å²) >= 11 is 6.13. The van der Waals surface area contributed by atoms with Gasteiger partial charge in [-0.3, -0.25) is 14.4 Å². The van der Waals surface area contributed by atoms with Crippen molar-refractivity contribution < 1.29 is 4.79 Å². The maximum absolute atomic E-state index is 12.6. The summed E-state index contributed by atoms with van der Waals surface area (Å²) in [5.74, 6) is 0.0211. The summed E-state index contributed by atoms with van der Waals surface area (Å²) in [6.45, 7) is 6.10. The van der Waals surface area contributed by atoms with Crippen molar-refractivity contribution in [3.8, 4) is 0 Å². The maximum atomic E-state index is 12.6. The number of amides is 1. The molecule has 122 valence electrons. The van der Waals surface area contributed by atoms with Gasteiger partial charge in [-0.05, 0) is 19.1 Å². The van der Waals surface area contributed by atoms with Gasteiger partial charge >= 0.3 is 0 Å². The molecule has 1 aliphatic rings. The number of nitrogens with zero attached hydrogens (tertiary/aromatic N) is 4. The molecule has 0 radical (unpaired) electrons. The number of carbonyl (C=O) groups excluding carboxylic acids is 1. The van der Waals surface area contributed by atoms with Crippen LogP contribution in [0, 0.1) is 6.92 Å². The third-order valence-electron chi connectivity index (χ3n) is 4.27. The van der Waals surface area contributed by atoms with Crippen LogP contribution in [0.5, 0.6) is 0 Å². The highest BCUT2D eigenvalue weighted by Crippen LogP contribution is 2.18. The fourth-order valence-electron chi connectivity index (χ4n) is 2.96. The Morgan fingerprint density at radius 1 is 1.22 bits per heavy atom. The average molecular weight is 333 g/mol. The first kappa shape index (κ1) is 16.0. The zero-order valence-electron chi connectivity index (χ0n) is 13.5. The Morgan fingerprint density at radius 3 is 2.52 bits per heavy atom. The molecule has 0 unspecified atom stereocenters. The van der Waals surface area contributed by atoms with E-state index < -0.39 is 0 Å². The van der Waals surface area contributed by atoms with Crippen molar-refractivity contribution in [3.63, 3.8) is 0 Å². The molecule has 0 aliphatic carbocycles. The minimum atomic E-state index is 0.0211. The molecule has 0 bridgehead atoms. The summed E-state index contributed by atoms with van der Waals surface area (Å²) in [5.41, 5.74) is 2.91. The summed E-state index contributed by atoms with van der Waals surface area (Å²) in [7, 11) is 1.94. The number of piperazine rings is 1. The molecule has 0 saturated carbocycles. The predicted molar refractivity (Wildman–Crippen MR) is 90.6 cm³/mol. The van der Waals surface area contributed by atoms with Crippen molar-refractivity contribution in [2.75, 3.05) is 26.2 Å². The average Bonchev–Trinajstić information content (AvgIpc) is 2.85. The van der Waals surface area contributed by atoms with Gasteiger partial charge in [0.1, 0.15) is 0 Å². The van der Waals surface area contributed by atoms with Gasteiger partial charge in [-0.25, -0.2) is 0 Å². The van der Waals surface area contributed by atoms with Crippen LogP contribution in [0.15, 0.2) is 30.5 Å². The topological polar surface area (TPSA) is 41.4 Å². The highest BCUT2D eigenvalue weighted by molar-refractivity contribution is 6.33. The molecule has 6 heteroatoms. The third-order valence-corrected chi connectivity index (χ3v) is 4.60. The van der Waals surface area contributed by atoms with Crippen LogP contribution in [0.25, 0.3) is 0 Å². The lowest BCUT2D eigenvalue weighted by molar-refractivity contribution is 0.0628. The quantitative estimate of drug-likeness (QED) is 0.866. The molecule has 3 rings (SSSR count). The highest BCUT2D eigenvalue weighted by atomic mass is 35.5. The number of hydrogen-bond acceptors (Lipinski definition) is 3. The van der Waals surface area contributed by atoms with E-state index in [0.717, 1.165) is 38.4 Å². The van der Waals surface area contributed by atoms with Crippen molar-refractivity contribution in [1.29, 1.82) is 0 Å². The standard InChI is InChI=1S/C17H21ClN4O/c1-13-14(11-20(2)19-13)12-21-7-9-22(10-8-21)17(23)15-5-3-4-6-16(15)18/h3-6,11H,7-10,12H2,1-2H3. The van der Waals surface area contributed by atoms with Crippen LogP contribution in [0.2, 0.25) is 5.02 Å². The van der Waals surface area contributed by atoms with Crippen LogP contribution in [0.1, 0.15) is 21.6 Å². The van der Waals surface area contributed by atoms with E-state index in [1.807, 2.05) is 35.7 Å². The first-order valence-electron chi connectivity index (χ1n) is 7.80. The normalized spacial score (nSPS) is 15.9. The Hall–Kier alpha value is -1.85. The van der Waals surface area contributed by atoms with Crippen molar-refractivity contribution in [1.82, 2.24) is 19.6 Å². The Balaban J connectivity index is 1.59. The molecule has 1 aromatic heterocycles. The molecule has 0 atom stereocenters. The van der Waals surface area contributed by atoms with E-state index in [4.69, 9.17) is 11.6 Å². The summed E-state index contributed by atoms with van der Waals surface area (Å²) < 4.78 is 1.85. The number of carbonyl (C=O) groups is 1. The molecule has 0 N–H and O–H groups in total. The maximum Gasteiger partial charge on any atom is 0.255 e. The van der Waals surface area contributed by atoms with Gasteiger partial charge < -0.3 is 4.90 Å². The van der Waals surface area contributed by atoms with E-state index in [9.17, 15) is 4.79 Å². The summed E-state index contributed by atoms with van der Waals surface area (Å²) in [6.07, 6.45) is 2.07. The van der Waals surface area contributed by atoms with E-state index in [-0.39, 0.29) is 5.91 Å². The molecule has 1 fully saturated rings. The van der Waals surface area contributed by atoms with Gasteiger partial charge in [0.05, 0.1) is 16.3 Å². The molecule has 1 aliphatic heterocycles. The number of aryl methyl sites for hydroxylation is 2. The van der Waals surface area contributed by atoms with Crippen LogP contribution < -0.4 is 0 Å². The monoisotopic (exact) mass is 332 g/mol. The van der Waals surface area contributed by atoms with E-state index in [1.165, 1.54) is 5.56 Å². The predicted octanol–water partition coefficient (Wildman–Crippen LogP) is 2.34. The fourth-order valence-corrected chi connectivity index (χ4v) is 3.18. The van der Waals surface area contributed by atoms with Gasteiger partial charge in [0.25, 0.3) is 5.91 Å². The molecular formula is C17H21ClN4O. The molecule has 2 aromatic rings. The molecule has 0 spiro atoms. The highest BCUT2D eigenvalue weighted by Gasteiger charge is 2.23. The molecule has 1 saturated heterocycles. The molecule has 5 nitrogen and oxygen atoms in total. The zero-order valence-corrected chi connectivity index (χ0v) is 14.3. The second-order valence-electron chi connectivity index (χ2n) is 5.96. The van der Waals surface area contributed by atoms with Gasteiger partial charge in [-0.2, -0.15) is 5.10 Å². The van der Waals surface area contributed by atoms with Gasteiger partial charge in [-0.15, -0.1) is 0 Å². The number of aromatic nitrogens is 2. The Kier molecular flexibility index (Phi) is 4.68. The zero-order chi connectivity index (χ0) is 16.4. The van der Waals surface area contributed by atoms with E-state index >= 15 is 0 Å². The number of halogens is 1. The van der Waals surface area contributed by atoms with Crippen molar-refractivity contribution in [3.05, 3.63) is 52.3 Å². The SMILES string of the molecule is Cc1nn(C)cc1CN1CCN(C(=O)c2ccccc2Cl)CC1. The van der Waals surface area contributed by atoms with Gasteiger partial charge in [0.2, 0.25) is 0 Å². The van der Waals surface area contributed by atoms with Crippen molar-refractivity contribution >= 4 is 17.5 Å². The Bertz CT molecular complexity index is 704. The largest absolute Gasteiger partial charge is 0.336 e. The van der Waals surface area contributed by atoms with E-state index in [1.54, 1.807) is 12.1 Å². The van der Waals surface area contributed by atoms with Crippen LogP contribution in [0.3, 0.4) is 0 Å². The molecule has 1 amide bonds. The molecule has 2 heterocycles. The van der Waals surface area contributed by atoms with Crippen LogP contribution >= 0.6 is 11.6 Å². The number of rotatable bonds is 3. The first-order chi connectivity index (χ1) is 11.0. The summed E-state index contributed by atoms with van der Waals surface area (Å²) in [4.78, 5) is 16.8. The van der Waals surface area contributed by atoms with Gasteiger partial charge in [-0.1, -0.05) is 23.7 Å². The molecule has 23 heavy (non-hydrogen) atoms. The number of hydrogen-bond donors (Lipinski definition) is 0. The lowest BCUT2D eigenvalue weighted by Gasteiger charge is -2.34. The second-order valence-corrected chi connectivity index (χ2v) is 6.37. The smallest absolute Gasteiger partial charge is 0.255 e. The van der Waals surface area contributed by atoms with E-state index in [0.29, 0.717) is 10.6 Å². The van der Waals surface area contributed by atoms with Crippen LogP contribution in [0.4, 0.5) is 0 Å². The van der Waals surface area contributed by atoms with Crippen LogP contribution in [-0.2, 0) is 13.6 Å². The summed E-state index contributed by atoms with van der Waals surface area (Å²) in [6, 6.07) is 7.24. The third kappa shape index (κ3) is 3.57. The Labute approximate surface area is 141 Å². The lowest BCUT2D eigenvalue weighted by Crippen LogP contribution is -2.48. The van der Waals surface area contributed by atoms with Gasteiger partial charge in [0.15, 0.2) is 0 Å². The number of benzene rings is 1. The van der Waals surface area contributed by atoms with Crippen molar-refractivity contribution in [2.24, 2.45) is 7.05 Å². The summed E-state index contributed by atoms with van der Waals surface area (Å²) in [5, 5.41) is 4.90. The molecule has 1 aromatic carbocycles. The van der Waals surface area contributed by atoms with Crippen molar-refractivity contribution in [2.45, 2.75) is 13.5 Å². The van der Waals surface area contributed by atoms with E-state index in [2.05, 4.69) is 16.2 Å². The molecular weight excluding hydrogens is 312 g/mol. The van der Waals surface area contributed by atoms with Crippen LogP contribution in [-0.4, -0.2) is 51.7 Å². The minimum absolute atomic E-state index is 0.0211. The van der Waals surface area contributed by atoms with Gasteiger partial charge in [0, 0.05) is 51.5 Å². The minimum Gasteiger partial charge on any atom is -0.336 e. The fraction of sp³-hybridized carbons (Fsp3) is 0.412.